The van der Waals surface area contributed by atoms with Crippen molar-refractivity contribution >= 4 is 28.1 Å². The molecule has 0 unspecified atom stereocenters. The first kappa shape index (κ1) is 17.5. The quantitative estimate of drug-likeness (QED) is 0.471. The SMILES string of the molecule is O=C(CCc1c(-c2ccc(F)cc2)[nH]c2ccccc12)NCc1cccs1. The zero-order chi connectivity index (χ0) is 18.6. The second-order valence-corrected chi connectivity index (χ2v) is 7.42. The maximum Gasteiger partial charge on any atom is 0.220 e. The maximum absolute atomic E-state index is 13.3. The highest BCUT2D eigenvalue weighted by atomic mass is 32.1. The van der Waals surface area contributed by atoms with Crippen LogP contribution in [0.5, 0.6) is 0 Å². The molecule has 0 fully saturated rings. The first-order chi connectivity index (χ1) is 13.2. The molecule has 0 saturated heterocycles. The van der Waals surface area contributed by atoms with Crippen LogP contribution < -0.4 is 5.32 Å². The molecule has 136 valence electrons. The topological polar surface area (TPSA) is 44.9 Å². The molecule has 0 aliphatic heterocycles. The number of aromatic amines is 1. The van der Waals surface area contributed by atoms with E-state index in [1.807, 2.05) is 35.7 Å². The Bertz CT molecular complexity index is 1050. The van der Waals surface area contributed by atoms with E-state index in [9.17, 15) is 9.18 Å². The predicted octanol–water partition coefficient (Wildman–Crippen LogP) is 5.28. The van der Waals surface area contributed by atoms with E-state index in [-0.39, 0.29) is 11.7 Å². The molecule has 27 heavy (non-hydrogen) atoms. The van der Waals surface area contributed by atoms with Gasteiger partial charge < -0.3 is 10.3 Å². The third kappa shape index (κ3) is 3.93. The number of fused-ring (bicyclic) bond motifs is 1. The molecular formula is C22H19FN2OS. The summed E-state index contributed by atoms with van der Waals surface area (Å²) in [4.78, 5) is 16.9. The largest absolute Gasteiger partial charge is 0.354 e. The molecule has 4 aromatic rings. The summed E-state index contributed by atoms with van der Waals surface area (Å²) in [6.45, 7) is 0.565. The van der Waals surface area contributed by atoms with Crippen LogP contribution in [0.1, 0.15) is 16.9 Å². The Morgan fingerprint density at radius 2 is 1.85 bits per heavy atom. The maximum atomic E-state index is 13.3. The second-order valence-electron chi connectivity index (χ2n) is 6.39. The molecule has 0 spiro atoms. The van der Waals surface area contributed by atoms with E-state index in [1.54, 1.807) is 23.5 Å². The van der Waals surface area contributed by atoms with Gasteiger partial charge in [-0.3, -0.25) is 4.79 Å². The number of para-hydroxylation sites is 1. The minimum atomic E-state index is -0.260. The number of hydrogen-bond acceptors (Lipinski definition) is 2. The van der Waals surface area contributed by atoms with E-state index in [1.165, 1.54) is 12.1 Å². The van der Waals surface area contributed by atoms with Crippen molar-refractivity contribution in [1.29, 1.82) is 0 Å². The third-order valence-corrected chi connectivity index (χ3v) is 5.46. The lowest BCUT2D eigenvalue weighted by atomic mass is 10.0. The van der Waals surface area contributed by atoms with Crippen molar-refractivity contribution in [2.24, 2.45) is 0 Å². The Balaban J connectivity index is 1.55. The molecule has 0 aliphatic carbocycles. The number of carbonyl (C=O) groups is 1. The highest BCUT2D eigenvalue weighted by molar-refractivity contribution is 7.09. The molecule has 2 aromatic heterocycles. The monoisotopic (exact) mass is 378 g/mol. The minimum absolute atomic E-state index is 0.0266. The molecule has 2 heterocycles. The fourth-order valence-corrected chi connectivity index (χ4v) is 3.89. The van der Waals surface area contributed by atoms with Crippen molar-refractivity contribution in [2.75, 3.05) is 0 Å². The third-order valence-electron chi connectivity index (χ3n) is 4.59. The van der Waals surface area contributed by atoms with Crippen LogP contribution >= 0.6 is 11.3 Å². The Labute approximate surface area is 160 Å². The fourth-order valence-electron chi connectivity index (χ4n) is 3.25. The second kappa shape index (κ2) is 7.76. The fraction of sp³-hybridized carbons (Fsp3) is 0.136. The number of rotatable bonds is 6. The van der Waals surface area contributed by atoms with Gasteiger partial charge in [0.2, 0.25) is 5.91 Å². The Kier molecular flexibility index (Phi) is 5.03. The molecule has 0 aliphatic rings. The molecule has 2 N–H and O–H groups in total. The summed E-state index contributed by atoms with van der Waals surface area (Å²) in [6.07, 6.45) is 1.02. The standard InChI is InChI=1S/C22H19FN2OS/c23-16-9-7-15(8-10-16)22-19(18-5-1-2-6-20(18)25-22)11-12-21(26)24-14-17-4-3-13-27-17/h1-10,13,25H,11-12,14H2,(H,24,26). The van der Waals surface area contributed by atoms with Crippen LogP contribution in [0.3, 0.4) is 0 Å². The van der Waals surface area contributed by atoms with Crippen LogP contribution in [0.2, 0.25) is 0 Å². The highest BCUT2D eigenvalue weighted by Gasteiger charge is 2.14. The van der Waals surface area contributed by atoms with Gasteiger partial charge in [-0.25, -0.2) is 4.39 Å². The number of H-pyrrole nitrogens is 1. The van der Waals surface area contributed by atoms with Gasteiger partial charge in [0.05, 0.1) is 6.54 Å². The first-order valence-electron chi connectivity index (χ1n) is 8.85. The first-order valence-corrected chi connectivity index (χ1v) is 9.73. The summed E-state index contributed by atoms with van der Waals surface area (Å²) in [5, 5.41) is 6.08. The molecule has 2 aromatic carbocycles. The van der Waals surface area contributed by atoms with Crippen LogP contribution in [0.25, 0.3) is 22.2 Å². The van der Waals surface area contributed by atoms with Crippen LogP contribution in [0.4, 0.5) is 4.39 Å². The predicted molar refractivity (Wildman–Crippen MR) is 108 cm³/mol. The number of nitrogens with one attached hydrogen (secondary N) is 2. The lowest BCUT2D eigenvalue weighted by molar-refractivity contribution is -0.121. The summed E-state index contributed by atoms with van der Waals surface area (Å²) in [7, 11) is 0. The number of carbonyl (C=O) groups excluding carboxylic acids is 1. The van der Waals surface area contributed by atoms with Gasteiger partial charge in [-0.05, 0) is 59.3 Å². The Hall–Kier alpha value is -2.92. The number of halogens is 1. The zero-order valence-corrected chi connectivity index (χ0v) is 15.5. The molecule has 3 nitrogen and oxygen atoms in total. The van der Waals surface area contributed by atoms with Gasteiger partial charge in [-0.15, -0.1) is 11.3 Å². The highest BCUT2D eigenvalue weighted by Crippen LogP contribution is 2.31. The summed E-state index contributed by atoms with van der Waals surface area (Å²) in [5.74, 6) is -0.233. The lowest BCUT2D eigenvalue weighted by Crippen LogP contribution is -2.22. The van der Waals surface area contributed by atoms with E-state index in [2.05, 4.69) is 16.4 Å². The van der Waals surface area contributed by atoms with Crippen molar-refractivity contribution in [2.45, 2.75) is 19.4 Å². The average molecular weight is 378 g/mol. The van der Waals surface area contributed by atoms with E-state index in [4.69, 9.17) is 0 Å². The van der Waals surface area contributed by atoms with Gasteiger partial charge in [0.25, 0.3) is 0 Å². The molecular weight excluding hydrogens is 359 g/mol. The van der Waals surface area contributed by atoms with Crippen LogP contribution in [-0.2, 0) is 17.8 Å². The Morgan fingerprint density at radius 1 is 1.04 bits per heavy atom. The van der Waals surface area contributed by atoms with E-state index in [0.717, 1.165) is 32.6 Å². The molecule has 0 saturated carbocycles. The Morgan fingerprint density at radius 3 is 2.63 bits per heavy atom. The number of amides is 1. The van der Waals surface area contributed by atoms with Crippen LogP contribution in [0, 0.1) is 5.82 Å². The van der Waals surface area contributed by atoms with Crippen LogP contribution in [0.15, 0.2) is 66.0 Å². The number of aryl methyl sites for hydroxylation is 1. The molecule has 0 bridgehead atoms. The normalized spacial score (nSPS) is 11.0. The zero-order valence-electron chi connectivity index (χ0n) is 14.7. The molecule has 1 amide bonds. The van der Waals surface area contributed by atoms with Crippen molar-refractivity contribution in [3.05, 3.63) is 82.3 Å². The number of hydrogen-bond donors (Lipinski definition) is 2. The van der Waals surface area contributed by atoms with Crippen molar-refractivity contribution in [3.63, 3.8) is 0 Å². The summed E-state index contributed by atoms with van der Waals surface area (Å²) >= 11 is 1.63. The molecule has 5 heteroatoms. The van der Waals surface area contributed by atoms with E-state index < -0.39 is 0 Å². The van der Waals surface area contributed by atoms with Gasteiger partial charge >= 0.3 is 0 Å². The van der Waals surface area contributed by atoms with Crippen molar-refractivity contribution in [1.82, 2.24) is 10.3 Å². The molecule has 4 rings (SSSR count). The smallest absolute Gasteiger partial charge is 0.220 e. The average Bonchev–Trinajstić information content (AvgIpc) is 3.33. The minimum Gasteiger partial charge on any atom is -0.354 e. The van der Waals surface area contributed by atoms with E-state index in [0.29, 0.717) is 19.4 Å². The summed E-state index contributed by atoms with van der Waals surface area (Å²) in [6, 6.07) is 18.5. The number of aromatic nitrogens is 1. The van der Waals surface area contributed by atoms with E-state index >= 15 is 0 Å². The summed E-state index contributed by atoms with van der Waals surface area (Å²) in [5.41, 5.74) is 3.97. The van der Waals surface area contributed by atoms with Gasteiger partial charge in [0.1, 0.15) is 5.82 Å². The van der Waals surface area contributed by atoms with Crippen molar-refractivity contribution in [3.8, 4) is 11.3 Å². The molecule has 0 atom stereocenters. The number of thiophene rings is 1. The summed E-state index contributed by atoms with van der Waals surface area (Å²) < 4.78 is 13.3. The number of benzene rings is 2. The van der Waals surface area contributed by atoms with Gasteiger partial charge in [0, 0.05) is 27.9 Å². The van der Waals surface area contributed by atoms with Gasteiger partial charge in [-0.2, -0.15) is 0 Å². The molecule has 0 radical (unpaired) electrons. The lowest BCUT2D eigenvalue weighted by Gasteiger charge is -2.07. The van der Waals surface area contributed by atoms with Crippen LogP contribution in [-0.4, -0.2) is 10.9 Å². The van der Waals surface area contributed by atoms with Gasteiger partial charge in [0.15, 0.2) is 0 Å². The van der Waals surface area contributed by atoms with Gasteiger partial charge in [-0.1, -0.05) is 24.3 Å². The van der Waals surface area contributed by atoms with Crippen molar-refractivity contribution < 1.29 is 9.18 Å².